The minimum Gasteiger partial charge on any atom is -0.462 e. The van der Waals surface area contributed by atoms with Crippen LogP contribution in [0.25, 0.3) is 0 Å². The normalized spacial score (nSPS) is 46.9. The molecule has 2 saturated carbocycles. The van der Waals surface area contributed by atoms with Crippen LogP contribution in [0.2, 0.25) is 0 Å². The molecule has 2 saturated heterocycles. The highest BCUT2D eigenvalue weighted by molar-refractivity contribution is 5.74. The molecule has 6 atom stereocenters. The number of hydrogen-bond acceptors (Lipinski definition) is 3. The zero-order chi connectivity index (χ0) is 18.3. The molecular weight excluding hydrogens is 322 g/mol. The van der Waals surface area contributed by atoms with Gasteiger partial charge in [-0.3, -0.25) is 9.69 Å². The second kappa shape index (κ2) is 7.81. The Morgan fingerprint density at radius 3 is 2.38 bits per heavy atom. The van der Waals surface area contributed by atoms with E-state index < -0.39 is 0 Å². The molecule has 4 fully saturated rings. The largest absolute Gasteiger partial charge is 0.462 e. The van der Waals surface area contributed by atoms with Crippen molar-refractivity contribution in [3.63, 3.8) is 0 Å². The van der Waals surface area contributed by atoms with Crippen LogP contribution in [-0.4, -0.2) is 36.1 Å². The summed E-state index contributed by atoms with van der Waals surface area (Å²) < 4.78 is 6.18. The Hall–Kier alpha value is -0.570. The number of ether oxygens (including phenoxy) is 1. The Morgan fingerprint density at radius 2 is 1.65 bits per heavy atom. The van der Waals surface area contributed by atoms with Crippen molar-refractivity contribution in [3.05, 3.63) is 0 Å². The first-order chi connectivity index (χ1) is 12.5. The average molecular weight is 362 g/mol. The fraction of sp³-hybridized carbons (Fsp3) is 0.957. The quantitative estimate of drug-likeness (QED) is 0.660. The number of rotatable bonds is 3. The number of piperidine rings is 1. The minimum absolute atomic E-state index is 0.134. The van der Waals surface area contributed by atoms with Crippen LogP contribution in [-0.2, 0) is 9.53 Å². The number of hydrogen-bond donors (Lipinski definition) is 0. The van der Waals surface area contributed by atoms with Gasteiger partial charge in [-0.2, -0.15) is 0 Å². The fourth-order valence-electron chi connectivity index (χ4n) is 6.76. The van der Waals surface area contributed by atoms with Crippen molar-refractivity contribution in [2.24, 2.45) is 29.6 Å². The highest BCUT2D eigenvalue weighted by Gasteiger charge is 2.51. The number of carbonyl (C=O) groups excluding carboxylic acids is 1. The molecule has 26 heavy (non-hydrogen) atoms. The Balaban J connectivity index is 1.48. The third-order valence-corrected chi connectivity index (χ3v) is 8.42. The van der Waals surface area contributed by atoms with Crippen LogP contribution in [0.4, 0.5) is 0 Å². The molecule has 3 nitrogen and oxygen atoms in total. The molecule has 2 bridgehead atoms. The Morgan fingerprint density at radius 1 is 0.885 bits per heavy atom. The summed E-state index contributed by atoms with van der Waals surface area (Å²) in [5.41, 5.74) is 0. The molecule has 0 aromatic heterocycles. The number of carbonyl (C=O) groups is 1. The Labute approximate surface area is 160 Å². The smallest absolute Gasteiger partial charge is 0.311 e. The summed E-state index contributed by atoms with van der Waals surface area (Å²) in [4.78, 5) is 15.9. The molecule has 0 aromatic rings. The van der Waals surface area contributed by atoms with E-state index in [2.05, 4.69) is 25.8 Å². The van der Waals surface area contributed by atoms with E-state index in [0.717, 1.165) is 24.7 Å². The standard InChI is InChI=1S/C23H39NO2/c1-15-7-9-17(10-8-15)20-14-18-11-12-21(24(18)3)22(20)23(25)26-19-6-4-5-16(2)13-19/h15-22H,4-14H2,1-3H3. The third kappa shape index (κ3) is 3.70. The third-order valence-electron chi connectivity index (χ3n) is 8.42. The summed E-state index contributed by atoms with van der Waals surface area (Å²) in [6, 6.07) is 1.15. The second-order valence-electron chi connectivity index (χ2n) is 10.2. The lowest BCUT2D eigenvalue weighted by molar-refractivity contribution is -0.165. The first kappa shape index (κ1) is 18.8. The van der Waals surface area contributed by atoms with Crippen molar-refractivity contribution in [3.8, 4) is 0 Å². The second-order valence-corrected chi connectivity index (χ2v) is 10.2. The molecule has 4 rings (SSSR count). The van der Waals surface area contributed by atoms with Gasteiger partial charge in [-0.05, 0) is 82.1 Å². The molecule has 148 valence electrons. The van der Waals surface area contributed by atoms with Crippen molar-refractivity contribution >= 4 is 5.97 Å². The molecule has 2 aliphatic carbocycles. The maximum Gasteiger partial charge on any atom is 0.311 e. The summed E-state index contributed by atoms with van der Waals surface area (Å²) in [7, 11) is 2.25. The van der Waals surface area contributed by atoms with E-state index in [4.69, 9.17) is 4.74 Å². The molecule has 6 unspecified atom stereocenters. The zero-order valence-electron chi connectivity index (χ0n) is 17.2. The molecule has 4 aliphatic rings. The van der Waals surface area contributed by atoms with Crippen LogP contribution in [0.1, 0.15) is 84.5 Å². The summed E-state index contributed by atoms with van der Waals surface area (Å²) in [6.45, 7) is 4.70. The van der Waals surface area contributed by atoms with Crippen molar-refractivity contribution in [1.29, 1.82) is 0 Å². The van der Waals surface area contributed by atoms with Gasteiger partial charge in [-0.25, -0.2) is 0 Å². The Bertz CT molecular complexity index is 498. The van der Waals surface area contributed by atoms with Crippen LogP contribution >= 0.6 is 0 Å². The molecule has 0 amide bonds. The van der Waals surface area contributed by atoms with Gasteiger partial charge >= 0.3 is 5.97 Å². The van der Waals surface area contributed by atoms with Crippen LogP contribution in [0.15, 0.2) is 0 Å². The van der Waals surface area contributed by atoms with Gasteiger partial charge < -0.3 is 4.74 Å². The van der Waals surface area contributed by atoms with Gasteiger partial charge in [-0.1, -0.05) is 33.1 Å². The van der Waals surface area contributed by atoms with E-state index in [1.54, 1.807) is 0 Å². The van der Waals surface area contributed by atoms with Crippen LogP contribution in [0, 0.1) is 29.6 Å². The first-order valence-corrected chi connectivity index (χ1v) is 11.4. The molecule has 0 spiro atoms. The monoisotopic (exact) mass is 361 g/mol. The number of fused-ring (bicyclic) bond motifs is 2. The number of esters is 1. The number of nitrogens with zero attached hydrogens (tertiary/aromatic N) is 1. The molecular formula is C23H39NO2. The van der Waals surface area contributed by atoms with Gasteiger partial charge in [0, 0.05) is 12.1 Å². The first-order valence-electron chi connectivity index (χ1n) is 11.4. The van der Waals surface area contributed by atoms with Gasteiger partial charge in [0.15, 0.2) is 0 Å². The van der Waals surface area contributed by atoms with Gasteiger partial charge in [-0.15, -0.1) is 0 Å². The maximum absolute atomic E-state index is 13.4. The molecule has 3 heteroatoms. The molecule has 0 aromatic carbocycles. The summed E-state index contributed by atoms with van der Waals surface area (Å²) in [5.74, 6) is 3.21. The Kier molecular flexibility index (Phi) is 5.64. The lowest BCUT2D eigenvalue weighted by atomic mass is 9.67. The highest BCUT2D eigenvalue weighted by atomic mass is 16.5. The van der Waals surface area contributed by atoms with Crippen molar-refractivity contribution in [2.45, 2.75) is 103 Å². The molecule has 2 aliphatic heterocycles. The minimum atomic E-state index is 0.134. The van der Waals surface area contributed by atoms with Gasteiger partial charge in [0.1, 0.15) is 6.10 Å². The predicted octanol–water partition coefficient (Wildman–Crippen LogP) is 5.03. The zero-order valence-corrected chi connectivity index (χ0v) is 17.2. The molecule has 2 heterocycles. The van der Waals surface area contributed by atoms with Crippen molar-refractivity contribution < 1.29 is 9.53 Å². The van der Waals surface area contributed by atoms with E-state index in [9.17, 15) is 4.79 Å². The average Bonchev–Trinajstić information content (AvgIpc) is 2.85. The summed E-state index contributed by atoms with van der Waals surface area (Å²) in [5, 5.41) is 0. The predicted molar refractivity (Wildman–Crippen MR) is 105 cm³/mol. The topological polar surface area (TPSA) is 29.5 Å². The van der Waals surface area contributed by atoms with Crippen molar-refractivity contribution in [1.82, 2.24) is 4.90 Å². The van der Waals surface area contributed by atoms with E-state index in [0.29, 0.717) is 23.9 Å². The SMILES string of the molecule is CC1CCC(C2CC3CCC(C2C(=O)OC2CCCC(C)C2)N3C)CC1. The highest BCUT2D eigenvalue weighted by Crippen LogP contribution is 2.49. The maximum atomic E-state index is 13.4. The lowest BCUT2D eigenvalue weighted by Crippen LogP contribution is -2.52. The lowest BCUT2D eigenvalue weighted by Gasteiger charge is -2.46. The van der Waals surface area contributed by atoms with E-state index in [1.807, 2.05) is 0 Å². The van der Waals surface area contributed by atoms with Gasteiger partial charge in [0.2, 0.25) is 0 Å². The van der Waals surface area contributed by atoms with Gasteiger partial charge in [0.05, 0.1) is 5.92 Å². The molecule has 0 radical (unpaired) electrons. The van der Waals surface area contributed by atoms with Crippen LogP contribution in [0.3, 0.4) is 0 Å². The van der Waals surface area contributed by atoms with E-state index in [1.165, 1.54) is 57.8 Å². The van der Waals surface area contributed by atoms with E-state index >= 15 is 0 Å². The van der Waals surface area contributed by atoms with Gasteiger partial charge in [0.25, 0.3) is 0 Å². The summed E-state index contributed by atoms with van der Waals surface area (Å²) in [6.07, 6.45) is 13.9. The van der Waals surface area contributed by atoms with Crippen molar-refractivity contribution in [2.75, 3.05) is 7.05 Å². The molecule has 0 N–H and O–H groups in total. The fourth-order valence-corrected chi connectivity index (χ4v) is 6.76. The summed E-state index contributed by atoms with van der Waals surface area (Å²) >= 11 is 0. The van der Waals surface area contributed by atoms with Crippen LogP contribution in [0.5, 0.6) is 0 Å². The van der Waals surface area contributed by atoms with Crippen LogP contribution < -0.4 is 0 Å². The van der Waals surface area contributed by atoms with E-state index in [-0.39, 0.29) is 18.0 Å².